The zero-order chi connectivity index (χ0) is 13.4. The topological polar surface area (TPSA) is 75.6 Å². The van der Waals surface area contributed by atoms with E-state index < -0.39 is 42.0 Å². The van der Waals surface area contributed by atoms with Crippen LogP contribution >= 0.6 is 0 Å². The highest BCUT2D eigenvalue weighted by Crippen LogP contribution is 2.54. The number of carboxylic acids is 1. The molecule has 0 bridgehead atoms. The molecule has 1 aliphatic rings. The number of halogens is 2. The number of alkyl carbamates (subject to hydrolysis) is 1. The Kier molecular flexibility index (Phi) is 3.31. The van der Waals surface area contributed by atoms with E-state index in [0.717, 1.165) is 0 Å². The normalized spacial score (nSPS) is 26.2. The number of ether oxygens (including phenoxy) is 1. The number of rotatable bonds is 3. The molecule has 0 aromatic carbocycles. The van der Waals surface area contributed by atoms with Crippen LogP contribution in [0.1, 0.15) is 20.8 Å². The fraction of sp³-hybridized carbons (Fsp3) is 0.800. The second kappa shape index (κ2) is 4.12. The molecule has 2 unspecified atom stereocenters. The van der Waals surface area contributed by atoms with Gasteiger partial charge < -0.3 is 15.2 Å². The van der Waals surface area contributed by atoms with Crippen molar-refractivity contribution in [2.24, 2.45) is 11.8 Å². The van der Waals surface area contributed by atoms with Crippen LogP contribution in [0.5, 0.6) is 0 Å². The Morgan fingerprint density at radius 2 is 1.94 bits per heavy atom. The van der Waals surface area contributed by atoms with Gasteiger partial charge in [-0.25, -0.2) is 13.6 Å². The molecule has 1 fully saturated rings. The van der Waals surface area contributed by atoms with Gasteiger partial charge in [0.15, 0.2) is 0 Å². The Morgan fingerprint density at radius 3 is 2.29 bits per heavy atom. The first-order valence-electron chi connectivity index (χ1n) is 5.13. The first-order valence-corrected chi connectivity index (χ1v) is 5.13. The van der Waals surface area contributed by atoms with Crippen LogP contribution in [-0.2, 0) is 9.53 Å². The molecule has 2 N–H and O–H groups in total. The number of carboxylic acid groups (broad SMARTS) is 1. The number of aliphatic carboxylic acids is 1. The molecule has 1 rings (SSSR count). The second-order valence-electron chi connectivity index (χ2n) is 4.98. The number of carbonyl (C=O) groups excluding carboxylic acids is 1. The van der Waals surface area contributed by atoms with Gasteiger partial charge in [-0.05, 0) is 20.8 Å². The predicted octanol–water partition coefficient (Wildman–Crippen LogP) is 1.48. The van der Waals surface area contributed by atoms with E-state index in [9.17, 15) is 18.4 Å². The molecule has 98 valence electrons. The Hall–Kier alpha value is -1.40. The van der Waals surface area contributed by atoms with E-state index in [-0.39, 0.29) is 0 Å². The molecular weight excluding hydrogens is 236 g/mol. The number of amides is 1. The molecular formula is C10H15F2NO4. The maximum absolute atomic E-state index is 12.9. The summed E-state index contributed by atoms with van der Waals surface area (Å²) in [5.41, 5.74) is -0.720. The van der Waals surface area contributed by atoms with Crippen LogP contribution in [0.4, 0.5) is 13.6 Å². The number of nitrogens with one attached hydrogen (secondary N) is 1. The van der Waals surface area contributed by atoms with Gasteiger partial charge in [0.25, 0.3) is 5.92 Å². The maximum atomic E-state index is 12.9. The highest BCUT2D eigenvalue weighted by molar-refractivity contribution is 5.76. The fourth-order valence-corrected chi connectivity index (χ4v) is 1.49. The van der Waals surface area contributed by atoms with E-state index >= 15 is 0 Å². The first kappa shape index (κ1) is 13.7. The van der Waals surface area contributed by atoms with Crippen molar-refractivity contribution in [1.29, 1.82) is 0 Å². The van der Waals surface area contributed by atoms with Gasteiger partial charge in [-0.2, -0.15) is 0 Å². The van der Waals surface area contributed by atoms with E-state index in [2.05, 4.69) is 5.32 Å². The summed E-state index contributed by atoms with van der Waals surface area (Å²) in [5, 5.41) is 10.6. The van der Waals surface area contributed by atoms with Gasteiger partial charge in [-0.1, -0.05) is 0 Å². The van der Waals surface area contributed by atoms with Crippen molar-refractivity contribution < 1.29 is 28.2 Å². The Balaban J connectivity index is 2.39. The lowest BCUT2D eigenvalue weighted by atomic mass is 10.2. The maximum Gasteiger partial charge on any atom is 0.407 e. The highest BCUT2D eigenvalue weighted by atomic mass is 19.3. The Morgan fingerprint density at radius 1 is 1.41 bits per heavy atom. The summed E-state index contributed by atoms with van der Waals surface area (Å²) in [6, 6.07) is 0. The van der Waals surface area contributed by atoms with E-state index in [4.69, 9.17) is 9.84 Å². The van der Waals surface area contributed by atoms with E-state index in [1.807, 2.05) is 0 Å². The van der Waals surface area contributed by atoms with Crippen LogP contribution in [0, 0.1) is 11.8 Å². The molecule has 0 saturated heterocycles. The molecule has 1 aliphatic carbocycles. The van der Waals surface area contributed by atoms with Gasteiger partial charge in [0, 0.05) is 6.54 Å². The smallest absolute Gasteiger partial charge is 0.407 e. The summed E-state index contributed by atoms with van der Waals surface area (Å²) in [5.74, 6) is -7.86. The van der Waals surface area contributed by atoms with Crippen molar-refractivity contribution in [2.45, 2.75) is 32.3 Å². The van der Waals surface area contributed by atoms with Crippen molar-refractivity contribution in [3.8, 4) is 0 Å². The summed E-state index contributed by atoms with van der Waals surface area (Å²) in [6.45, 7) is 4.51. The lowest BCUT2D eigenvalue weighted by Gasteiger charge is -2.19. The lowest BCUT2D eigenvalue weighted by Crippen LogP contribution is -2.34. The van der Waals surface area contributed by atoms with Crippen molar-refractivity contribution >= 4 is 12.1 Å². The number of hydrogen-bond donors (Lipinski definition) is 2. The Bertz CT molecular complexity index is 338. The largest absolute Gasteiger partial charge is 0.481 e. The van der Waals surface area contributed by atoms with Crippen LogP contribution in [-0.4, -0.2) is 35.2 Å². The molecule has 5 nitrogen and oxygen atoms in total. The number of alkyl halides is 2. The SMILES string of the molecule is CC(C)(C)OC(=O)NCC1C(C(=O)O)C1(F)F. The van der Waals surface area contributed by atoms with Gasteiger partial charge in [0.2, 0.25) is 0 Å². The average molecular weight is 251 g/mol. The van der Waals surface area contributed by atoms with Gasteiger partial charge in [-0.3, -0.25) is 4.79 Å². The van der Waals surface area contributed by atoms with E-state index in [1.165, 1.54) is 0 Å². The monoisotopic (exact) mass is 251 g/mol. The fourth-order valence-electron chi connectivity index (χ4n) is 1.49. The van der Waals surface area contributed by atoms with Crippen LogP contribution in [0.3, 0.4) is 0 Å². The summed E-state index contributed by atoms with van der Waals surface area (Å²) in [6.07, 6.45) is -0.829. The van der Waals surface area contributed by atoms with Crippen molar-refractivity contribution in [2.75, 3.05) is 6.54 Å². The van der Waals surface area contributed by atoms with Crippen LogP contribution in [0.15, 0.2) is 0 Å². The summed E-state index contributed by atoms with van der Waals surface area (Å²) < 4.78 is 30.7. The Labute approximate surface area is 97.1 Å². The molecule has 0 aliphatic heterocycles. The molecule has 7 heteroatoms. The van der Waals surface area contributed by atoms with Crippen molar-refractivity contribution in [1.82, 2.24) is 5.32 Å². The minimum atomic E-state index is -3.25. The molecule has 0 aromatic heterocycles. The predicted molar refractivity (Wildman–Crippen MR) is 53.8 cm³/mol. The zero-order valence-electron chi connectivity index (χ0n) is 9.79. The highest BCUT2D eigenvalue weighted by Gasteiger charge is 2.72. The van der Waals surface area contributed by atoms with E-state index in [1.54, 1.807) is 20.8 Å². The minimum absolute atomic E-state index is 0.404. The quantitative estimate of drug-likeness (QED) is 0.796. The molecule has 0 heterocycles. The number of hydrogen-bond acceptors (Lipinski definition) is 3. The third-order valence-corrected chi connectivity index (χ3v) is 2.33. The van der Waals surface area contributed by atoms with Crippen LogP contribution in [0.2, 0.25) is 0 Å². The van der Waals surface area contributed by atoms with Crippen molar-refractivity contribution in [3.63, 3.8) is 0 Å². The average Bonchev–Trinajstić information content (AvgIpc) is 2.61. The minimum Gasteiger partial charge on any atom is -0.481 e. The first-order chi connectivity index (χ1) is 7.55. The molecule has 0 spiro atoms. The van der Waals surface area contributed by atoms with Crippen molar-refractivity contribution in [3.05, 3.63) is 0 Å². The molecule has 0 radical (unpaired) electrons. The molecule has 0 aromatic rings. The molecule has 2 atom stereocenters. The van der Waals surface area contributed by atoms with Crippen LogP contribution in [0.25, 0.3) is 0 Å². The van der Waals surface area contributed by atoms with Gasteiger partial charge in [0.05, 0.1) is 5.92 Å². The lowest BCUT2D eigenvalue weighted by molar-refractivity contribution is -0.140. The van der Waals surface area contributed by atoms with Gasteiger partial charge in [0.1, 0.15) is 11.5 Å². The summed E-state index contributed by atoms with van der Waals surface area (Å²) in [7, 11) is 0. The molecule has 1 saturated carbocycles. The third kappa shape index (κ3) is 3.28. The summed E-state index contributed by atoms with van der Waals surface area (Å²) in [4.78, 5) is 21.6. The van der Waals surface area contributed by atoms with Gasteiger partial charge in [-0.15, -0.1) is 0 Å². The van der Waals surface area contributed by atoms with Crippen LogP contribution < -0.4 is 5.32 Å². The standard InChI is InChI=1S/C10H15F2NO4/c1-9(2,3)17-8(16)13-4-5-6(7(14)15)10(5,11)12/h5-6H,4H2,1-3H3,(H,13,16)(H,14,15). The zero-order valence-corrected chi connectivity index (χ0v) is 9.79. The number of carbonyl (C=O) groups is 2. The van der Waals surface area contributed by atoms with E-state index in [0.29, 0.717) is 0 Å². The molecule has 1 amide bonds. The molecule has 17 heavy (non-hydrogen) atoms. The second-order valence-corrected chi connectivity index (χ2v) is 4.98. The van der Waals surface area contributed by atoms with Gasteiger partial charge >= 0.3 is 12.1 Å². The summed E-state index contributed by atoms with van der Waals surface area (Å²) >= 11 is 0. The third-order valence-electron chi connectivity index (χ3n) is 2.33.